The molecule has 0 saturated carbocycles. The SMILES string of the molecule is C.[CH2-]CC(=O)CCCCCC(C)(C)C.[CH2-]CN.[CH2-]CNC(=O)C[CH2-].[Y].[Y]. The number of carbonyl (C=O) groups excluding carboxylic acids is 2. The van der Waals surface area contributed by atoms with E-state index in [4.69, 9.17) is 5.73 Å². The molecule has 0 aliphatic rings. The molecule has 0 aromatic heterocycles. The number of ketones is 1. The van der Waals surface area contributed by atoms with Crippen molar-refractivity contribution in [3.05, 3.63) is 27.7 Å². The van der Waals surface area contributed by atoms with Crippen LogP contribution in [0.2, 0.25) is 0 Å². The molecule has 0 aromatic rings. The van der Waals surface area contributed by atoms with Crippen LogP contribution in [0.25, 0.3) is 0 Å². The van der Waals surface area contributed by atoms with Gasteiger partial charge >= 0.3 is 0 Å². The second-order valence-corrected chi connectivity index (χ2v) is 6.30. The normalized spacial score (nSPS) is 8.77. The van der Waals surface area contributed by atoms with Gasteiger partial charge in [0.15, 0.2) is 5.91 Å². The third-order valence-electron chi connectivity index (χ3n) is 2.71. The Bertz CT molecular complexity index is 281. The van der Waals surface area contributed by atoms with Crippen molar-refractivity contribution < 1.29 is 75.0 Å². The van der Waals surface area contributed by atoms with E-state index in [1.54, 1.807) is 0 Å². The van der Waals surface area contributed by atoms with Gasteiger partial charge in [-0.3, -0.25) is 4.79 Å². The Hall–Kier alpha value is 1.31. The fourth-order valence-corrected chi connectivity index (χ4v) is 1.51. The Labute approximate surface area is 215 Å². The van der Waals surface area contributed by atoms with Crippen LogP contribution in [0.4, 0.5) is 0 Å². The maximum Gasteiger partial charge on any atom is 0.187 e. The van der Waals surface area contributed by atoms with Gasteiger partial charge in [0.25, 0.3) is 0 Å². The van der Waals surface area contributed by atoms with Crippen LogP contribution in [-0.2, 0) is 75.0 Å². The van der Waals surface area contributed by atoms with Crippen LogP contribution in [0.5, 0.6) is 0 Å². The van der Waals surface area contributed by atoms with Crippen LogP contribution in [0.15, 0.2) is 0 Å². The Morgan fingerprint density at radius 3 is 1.65 bits per heavy atom. The molecule has 4 nitrogen and oxygen atoms in total. The maximum atomic E-state index is 10.9. The van der Waals surface area contributed by atoms with Gasteiger partial charge in [0, 0.05) is 71.8 Å². The van der Waals surface area contributed by atoms with Crippen LogP contribution in [-0.4, -0.2) is 24.8 Å². The molecule has 0 aliphatic carbocycles. The fraction of sp³-hybridized carbons (Fsp3) is 0.700. The molecule has 0 saturated heterocycles. The van der Waals surface area contributed by atoms with E-state index in [1.807, 2.05) is 0 Å². The number of amides is 1. The Kier molecular flexibility index (Phi) is 49.7. The van der Waals surface area contributed by atoms with Crippen LogP contribution in [0.1, 0.15) is 73.1 Å². The molecule has 0 fully saturated rings. The van der Waals surface area contributed by atoms with Crippen LogP contribution in [0.3, 0.4) is 0 Å². The fourth-order valence-electron chi connectivity index (χ4n) is 1.51. The Balaban J connectivity index is -0.0000000663. The number of nitrogens with two attached hydrogens (primary N) is 1. The van der Waals surface area contributed by atoms with Crippen LogP contribution in [0, 0.1) is 33.1 Å². The summed E-state index contributed by atoms with van der Waals surface area (Å²) in [5.41, 5.74) is 5.18. The summed E-state index contributed by atoms with van der Waals surface area (Å²) >= 11 is 0. The van der Waals surface area contributed by atoms with Crippen molar-refractivity contribution in [1.82, 2.24) is 5.32 Å². The first kappa shape index (κ1) is 41.6. The summed E-state index contributed by atoms with van der Waals surface area (Å²) in [5.74, 6) is 0.255. The molecule has 26 heavy (non-hydrogen) atoms. The molecule has 0 unspecified atom stereocenters. The summed E-state index contributed by atoms with van der Waals surface area (Å²) in [6.07, 6.45) is 6.22. The number of hydrogen-bond acceptors (Lipinski definition) is 3. The second kappa shape index (κ2) is 31.0. The van der Waals surface area contributed by atoms with Gasteiger partial charge in [-0.15, -0.1) is 25.9 Å². The van der Waals surface area contributed by atoms with Crippen molar-refractivity contribution >= 4 is 11.7 Å². The summed E-state index contributed by atoms with van der Waals surface area (Å²) < 4.78 is 0. The molecule has 0 heterocycles. The third-order valence-corrected chi connectivity index (χ3v) is 2.71. The number of carbonyl (C=O) groups is 2. The molecule has 0 aromatic carbocycles. The average Bonchev–Trinajstić information content (AvgIpc) is 2.47. The van der Waals surface area contributed by atoms with E-state index >= 15 is 0 Å². The minimum absolute atomic E-state index is 0. The summed E-state index contributed by atoms with van der Waals surface area (Å²) in [5, 5.41) is 2.48. The molecule has 0 aliphatic heterocycles. The predicted molar refractivity (Wildman–Crippen MR) is 107 cm³/mol. The quantitative estimate of drug-likeness (QED) is 0.370. The molecule has 1 amide bonds. The summed E-state index contributed by atoms with van der Waals surface area (Å²) in [6, 6.07) is 0. The Morgan fingerprint density at radius 1 is 0.923 bits per heavy atom. The molecule has 0 atom stereocenters. The van der Waals surface area contributed by atoms with Gasteiger partial charge in [-0.05, 0) is 18.3 Å². The van der Waals surface area contributed by atoms with Crippen molar-refractivity contribution in [3.8, 4) is 0 Å². The molecule has 0 spiro atoms. The van der Waals surface area contributed by atoms with Crippen LogP contribution < -0.4 is 11.1 Å². The zero-order valence-electron chi connectivity index (χ0n) is 16.7. The van der Waals surface area contributed by atoms with Gasteiger partial charge in [0.05, 0.1) is 0 Å². The summed E-state index contributed by atoms with van der Waals surface area (Å²) in [7, 11) is 0. The third kappa shape index (κ3) is 49.9. The monoisotopic (exact) mass is 520 g/mol. The minimum Gasteiger partial charge on any atom is -0.388 e. The predicted octanol–water partition coefficient (Wildman–Crippen LogP) is 4.35. The first-order chi connectivity index (χ1) is 10.7. The largest absolute Gasteiger partial charge is 0.388 e. The zero-order chi connectivity index (χ0) is 18.7. The zero-order valence-corrected chi connectivity index (χ0v) is 22.4. The van der Waals surface area contributed by atoms with Crippen molar-refractivity contribution in [2.45, 2.75) is 73.1 Å². The van der Waals surface area contributed by atoms with Gasteiger partial charge in [0.2, 0.25) is 0 Å². The average molecular weight is 520 g/mol. The van der Waals surface area contributed by atoms with E-state index in [-0.39, 0.29) is 78.8 Å². The number of nitrogens with one attached hydrogen (secondary N) is 1. The van der Waals surface area contributed by atoms with E-state index in [0.717, 1.165) is 12.8 Å². The maximum absolute atomic E-state index is 10.9. The Morgan fingerprint density at radius 2 is 1.38 bits per heavy atom. The van der Waals surface area contributed by atoms with E-state index in [0.29, 0.717) is 37.1 Å². The van der Waals surface area contributed by atoms with E-state index in [2.05, 4.69) is 53.8 Å². The number of Topliss-reactive ketones (excluding diaryl/α,β-unsaturated/α-hetero) is 1. The molecule has 154 valence electrons. The van der Waals surface area contributed by atoms with Crippen molar-refractivity contribution in [1.29, 1.82) is 0 Å². The van der Waals surface area contributed by atoms with Crippen molar-refractivity contribution in [2.75, 3.05) is 13.1 Å². The molecule has 0 bridgehead atoms. The summed E-state index contributed by atoms with van der Waals surface area (Å²) in [6.45, 7) is 21.3. The van der Waals surface area contributed by atoms with Gasteiger partial charge < -0.3 is 43.5 Å². The molecule has 6 heteroatoms. The molecule has 3 N–H and O–H groups in total. The number of rotatable bonds is 8. The van der Waals surface area contributed by atoms with E-state index in [1.165, 1.54) is 19.3 Å². The second-order valence-electron chi connectivity index (χ2n) is 6.30. The number of hydrogen-bond donors (Lipinski definition) is 2. The first-order valence-corrected chi connectivity index (χ1v) is 8.33. The molecule has 2 radical (unpaired) electrons. The standard InChI is InChI=1S/C12H23O.C5H9NO.C2H6N.CH4.2Y/c1-5-11(13)9-7-6-8-10-12(2,3)4;1-3-5(7)6-4-2;1-2-3;;;/h1,5-10H2,2-4H3;1-4H2,(H,6,7);1-3H2;1H4;;/q-1;-2;-1;;;. The summed E-state index contributed by atoms with van der Waals surface area (Å²) in [4.78, 5) is 21.1. The molecular formula is C20H42N2O2Y2-4. The van der Waals surface area contributed by atoms with E-state index < -0.39 is 0 Å². The van der Waals surface area contributed by atoms with Crippen molar-refractivity contribution in [2.24, 2.45) is 11.1 Å². The van der Waals surface area contributed by atoms with Gasteiger partial charge in [0.1, 0.15) is 5.78 Å². The van der Waals surface area contributed by atoms with Gasteiger partial charge in [-0.1, -0.05) is 41.0 Å². The minimum atomic E-state index is -0.0463. The number of unbranched alkanes of at least 4 members (excludes halogenated alkanes) is 2. The molecule has 0 rings (SSSR count). The first-order valence-electron chi connectivity index (χ1n) is 8.33. The van der Waals surface area contributed by atoms with Crippen molar-refractivity contribution in [3.63, 3.8) is 0 Å². The van der Waals surface area contributed by atoms with Crippen LogP contribution >= 0.6 is 0 Å². The smallest absolute Gasteiger partial charge is 0.187 e. The molecular weight excluding hydrogens is 478 g/mol. The topological polar surface area (TPSA) is 72.2 Å². The van der Waals surface area contributed by atoms with E-state index in [9.17, 15) is 9.59 Å². The van der Waals surface area contributed by atoms with Gasteiger partial charge in [-0.25, -0.2) is 0 Å². The van der Waals surface area contributed by atoms with Gasteiger partial charge in [-0.2, -0.15) is 0 Å².